The van der Waals surface area contributed by atoms with E-state index in [9.17, 15) is 51.1 Å². The van der Waals surface area contributed by atoms with Crippen LogP contribution in [0.1, 0.15) is 34.5 Å². The van der Waals surface area contributed by atoms with Crippen LogP contribution in [-0.2, 0) is 16.9 Å². The molecule has 13 heteroatoms. The van der Waals surface area contributed by atoms with Gasteiger partial charge in [0.15, 0.2) is 35.2 Å². The molecule has 0 aliphatic carbocycles. The van der Waals surface area contributed by atoms with Crippen molar-refractivity contribution in [1.82, 2.24) is 0 Å². The lowest BCUT2D eigenvalue weighted by atomic mass is 9.87. The predicted molar refractivity (Wildman–Crippen MR) is 144 cm³/mol. The van der Waals surface area contributed by atoms with Gasteiger partial charge >= 0.3 is 0 Å². The zero-order valence-electron chi connectivity index (χ0n) is 22.0. The second-order valence-electron chi connectivity index (χ2n) is 10.3. The molecular formula is C30H26O13. The van der Waals surface area contributed by atoms with Crippen LogP contribution in [0.2, 0.25) is 0 Å². The van der Waals surface area contributed by atoms with Gasteiger partial charge in [-0.05, 0) is 35.9 Å². The summed E-state index contributed by atoms with van der Waals surface area (Å²) in [7, 11) is 0. The first-order chi connectivity index (χ1) is 20.4. The van der Waals surface area contributed by atoms with Gasteiger partial charge in [-0.2, -0.15) is 0 Å². The van der Waals surface area contributed by atoms with Crippen molar-refractivity contribution in [2.75, 3.05) is 0 Å². The molecule has 0 saturated heterocycles. The van der Waals surface area contributed by atoms with Crippen LogP contribution in [0.4, 0.5) is 0 Å². The van der Waals surface area contributed by atoms with E-state index in [1.54, 1.807) is 0 Å². The summed E-state index contributed by atoms with van der Waals surface area (Å²) in [5, 5.41) is 104. The van der Waals surface area contributed by atoms with Gasteiger partial charge in [-0.15, -0.1) is 0 Å². The van der Waals surface area contributed by atoms with Crippen molar-refractivity contribution < 1.29 is 65.3 Å². The maximum atomic E-state index is 11.6. The molecule has 224 valence electrons. The number of phenols is 8. The van der Waals surface area contributed by atoms with E-state index in [4.69, 9.17) is 14.2 Å². The molecule has 0 aromatic heterocycles. The minimum Gasteiger partial charge on any atom is -0.508 e. The van der Waals surface area contributed by atoms with Gasteiger partial charge < -0.3 is 65.3 Å². The lowest BCUT2D eigenvalue weighted by Crippen LogP contribution is -2.55. The summed E-state index contributed by atoms with van der Waals surface area (Å²) in [6.45, 7) is 0. The number of ether oxygens (including phenoxy) is 3. The maximum absolute atomic E-state index is 11.6. The molecule has 2 aliphatic heterocycles. The molecule has 5 atom stereocenters. The van der Waals surface area contributed by atoms with Crippen molar-refractivity contribution in [2.24, 2.45) is 0 Å². The molecule has 2 heterocycles. The van der Waals surface area contributed by atoms with Crippen LogP contribution in [0, 0.1) is 0 Å². The first-order valence-corrected chi connectivity index (χ1v) is 12.9. The average molecular weight is 595 g/mol. The second kappa shape index (κ2) is 9.94. The number of rotatable bonds is 4. The summed E-state index contributed by atoms with van der Waals surface area (Å²) in [6, 6.07) is 11.5. The van der Waals surface area contributed by atoms with Crippen LogP contribution in [0.5, 0.6) is 57.5 Å². The molecule has 0 saturated carbocycles. The zero-order valence-corrected chi connectivity index (χ0v) is 22.0. The number of fused-ring (bicyclic) bond motifs is 2. The Morgan fingerprint density at radius 2 is 1.28 bits per heavy atom. The first kappa shape index (κ1) is 27.9. The van der Waals surface area contributed by atoms with Gasteiger partial charge in [-0.25, -0.2) is 0 Å². The molecule has 43 heavy (non-hydrogen) atoms. The quantitative estimate of drug-likeness (QED) is 0.153. The zero-order chi connectivity index (χ0) is 30.8. The standard InChI is InChI=1S/C30H26O13/c31-14-7-19(35)16-11-25(28(41-23(16)9-14)12-1-3-17(33)20(36)5-12)43-30(13-2-4-18(34)21(37)6-13)29(40)27(39)26-22(38)8-15(32)10-24(26)42-30/h1-10,25,27-29,31-40H,11H2/t25-,27+,28+,29-,30+/m0/s1. The molecule has 0 unspecified atom stereocenters. The van der Waals surface area contributed by atoms with E-state index in [1.165, 1.54) is 30.3 Å². The molecule has 2 aliphatic rings. The highest BCUT2D eigenvalue weighted by Crippen LogP contribution is 2.53. The van der Waals surface area contributed by atoms with Gasteiger partial charge in [-0.1, -0.05) is 6.07 Å². The Hall–Kier alpha value is -5.24. The Kier molecular flexibility index (Phi) is 6.45. The van der Waals surface area contributed by atoms with Crippen molar-refractivity contribution >= 4 is 0 Å². The largest absolute Gasteiger partial charge is 0.508 e. The lowest BCUT2D eigenvalue weighted by Gasteiger charge is -2.47. The van der Waals surface area contributed by atoms with E-state index in [2.05, 4.69) is 0 Å². The number of phenolic OH excluding ortho intramolecular Hbond substituents is 8. The Bertz CT molecular complexity index is 1740. The SMILES string of the molecule is Oc1cc(O)c2c(c1)O[C@H](c1ccc(O)c(O)c1)[C@@H](O[C@@]1(c3ccc(O)c(O)c3)Oc3cc(O)cc(O)c3[C@@H](O)[C@@H]1O)C2. The first-order valence-electron chi connectivity index (χ1n) is 12.9. The van der Waals surface area contributed by atoms with Gasteiger partial charge in [0, 0.05) is 41.8 Å². The number of hydrogen-bond donors (Lipinski definition) is 10. The third-order valence-corrected chi connectivity index (χ3v) is 7.55. The van der Waals surface area contributed by atoms with Crippen molar-refractivity contribution in [3.8, 4) is 57.5 Å². The number of aliphatic hydroxyl groups is 2. The average Bonchev–Trinajstić information content (AvgIpc) is 2.94. The van der Waals surface area contributed by atoms with Gasteiger partial charge in [0.25, 0.3) is 5.79 Å². The smallest absolute Gasteiger partial charge is 0.267 e. The molecular weight excluding hydrogens is 568 g/mol. The minimum absolute atomic E-state index is 0.0663. The molecule has 0 fully saturated rings. The summed E-state index contributed by atoms with van der Waals surface area (Å²) in [5.74, 6) is -6.38. The lowest BCUT2D eigenvalue weighted by molar-refractivity contribution is -0.307. The maximum Gasteiger partial charge on any atom is 0.267 e. The van der Waals surface area contributed by atoms with E-state index >= 15 is 0 Å². The molecule has 0 bridgehead atoms. The van der Waals surface area contributed by atoms with E-state index in [0.717, 1.165) is 30.3 Å². The number of benzene rings is 4. The second-order valence-corrected chi connectivity index (χ2v) is 10.3. The van der Waals surface area contributed by atoms with Crippen molar-refractivity contribution in [1.29, 1.82) is 0 Å². The summed E-state index contributed by atoms with van der Waals surface area (Å²) in [4.78, 5) is 0. The summed E-state index contributed by atoms with van der Waals surface area (Å²) >= 11 is 0. The van der Waals surface area contributed by atoms with E-state index in [-0.39, 0.29) is 51.7 Å². The third kappa shape index (κ3) is 4.55. The molecule has 4 aromatic carbocycles. The molecule has 0 spiro atoms. The summed E-state index contributed by atoms with van der Waals surface area (Å²) < 4.78 is 18.7. The van der Waals surface area contributed by atoms with Crippen LogP contribution in [-0.4, -0.2) is 63.3 Å². The fourth-order valence-corrected chi connectivity index (χ4v) is 5.48. The highest BCUT2D eigenvalue weighted by atomic mass is 16.7. The van der Waals surface area contributed by atoms with E-state index < -0.39 is 64.7 Å². The molecule has 6 rings (SSSR count). The van der Waals surface area contributed by atoms with Crippen molar-refractivity contribution in [2.45, 2.75) is 36.6 Å². The minimum atomic E-state index is -2.42. The Morgan fingerprint density at radius 1 is 0.651 bits per heavy atom. The Balaban J connectivity index is 1.54. The number of hydrogen-bond acceptors (Lipinski definition) is 13. The third-order valence-electron chi connectivity index (χ3n) is 7.55. The monoisotopic (exact) mass is 594 g/mol. The normalized spacial score (nSPS) is 24.3. The van der Waals surface area contributed by atoms with Crippen LogP contribution in [0.3, 0.4) is 0 Å². The topological polar surface area (TPSA) is 230 Å². The number of aliphatic hydroxyl groups excluding tert-OH is 2. The highest BCUT2D eigenvalue weighted by Gasteiger charge is 2.56. The number of aromatic hydroxyl groups is 8. The molecule has 13 nitrogen and oxygen atoms in total. The molecule has 0 radical (unpaired) electrons. The van der Waals surface area contributed by atoms with E-state index in [0.29, 0.717) is 0 Å². The predicted octanol–water partition coefficient (Wildman–Crippen LogP) is 2.73. The highest BCUT2D eigenvalue weighted by molar-refractivity contribution is 5.55. The summed E-state index contributed by atoms with van der Waals surface area (Å²) in [6.07, 6.45) is -6.47. The van der Waals surface area contributed by atoms with Gasteiger partial charge in [-0.3, -0.25) is 0 Å². The Morgan fingerprint density at radius 3 is 1.95 bits per heavy atom. The fraction of sp³-hybridized carbons (Fsp3) is 0.200. The van der Waals surface area contributed by atoms with Gasteiger partial charge in [0.2, 0.25) is 0 Å². The molecule has 4 aromatic rings. The van der Waals surface area contributed by atoms with Crippen LogP contribution in [0.25, 0.3) is 0 Å². The fourth-order valence-electron chi connectivity index (χ4n) is 5.48. The van der Waals surface area contributed by atoms with Crippen LogP contribution in [0.15, 0.2) is 60.7 Å². The van der Waals surface area contributed by atoms with E-state index in [1.807, 2.05) is 0 Å². The van der Waals surface area contributed by atoms with Crippen LogP contribution >= 0.6 is 0 Å². The summed E-state index contributed by atoms with van der Waals surface area (Å²) in [5.41, 5.74) is 0.0630. The van der Waals surface area contributed by atoms with Crippen molar-refractivity contribution in [3.05, 3.63) is 82.9 Å². The Labute approximate surface area is 242 Å². The van der Waals surface area contributed by atoms with Crippen LogP contribution < -0.4 is 9.47 Å². The molecule has 10 N–H and O–H groups in total. The van der Waals surface area contributed by atoms with Crippen molar-refractivity contribution in [3.63, 3.8) is 0 Å². The van der Waals surface area contributed by atoms with Gasteiger partial charge in [0.1, 0.15) is 46.7 Å². The molecule has 0 amide bonds. The van der Waals surface area contributed by atoms with Gasteiger partial charge in [0.05, 0.1) is 5.56 Å².